The molecule has 2 aliphatic heterocycles. The maximum absolute atomic E-state index is 12.8. The number of piperazine rings is 1. The van der Waals surface area contributed by atoms with Crippen LogP contribution in [-0.2, 0) is 26.1 Å². The fourth-order valence-electron chi connectivity index (χ4n) is 5.43. The fraction of sp³-hybridized carbons (Fsp3) is 0.312. The highest BCUT2D eigenvalue weighted by Gasteiger charge is 2.34. The van der Waals surface area contributed by atoms with E-state index >= 15 is 0 Å². The minimum Gasteiger partial charge on any atom is -0.392 e. The van der Waals surface area contributed by atoms with E-state index in [1.54, 1.807) is 54.9 Å². The lowest BCUT2D eigenvalue weighted by molar-refractivity contribution is -0.253. The normalized spacial score (nSPS) is 21.4. The minimum absolute atomic E-state index is 0.0134. The van der Waals surface area contributed by atoms with Gasteiger partial charge in [-0.15, -0.1) is 0 Å². The molecule has 2 fully saturated rings. The number of hydrogen-bond donors (Lipinski definition) is 2. The zero-order chi connectivity index (χ0) is 29.6. The Morgan fingerprint density at radius 3 is 2.16 bits per heavy atom. The van der Waals surface area contributed by atoms with Crippen molar-refractivity contribution in [3.05, 3.63) is 114 Å². The van der Waals surface area contributed by atoms with Gasteiger partial charge in [0.2, 0.25) is 5.95 Å². The van der Waals surface area contributed by atoms with E-state index in [2.05, 4.69) is 24.5 Å². The van der Waals surface area contributed by atoms with Crippen molar-refractivity contribution >= 4 is 21.7 Å². The molecule has 0 unspecified atom stereocenters. The molecule has 0 bridgehead atoms. The molecule has 0 radical (unpaired) electrons. The van der Waals surface area contributed by atoms with Crippen LogP contribution in [0.25, 0.3) is 0 Å². The largest absolute Gasteiger partial charge is 0.392 e. The van der Waals surface area contributed by atoms with Crippen LogP contribution in [0.5, 0.6) is 0 Å². The van der Waals surface area contributed by atoms with Gasteiger partial charge in [-0.1, -0.05) is 54.6 Å². The zero-order valence-electron chi connectivity index (χ0n) is 23.7. The summed E-state index contributed by atoms with van der Waals surface area (Å²) in [6.45, 7) is 4.15. The van der Waals surface area contributed by atoms with E-state index in [4.69, 9.17) is 9.47 Å². The molecule has 3 aromatic carbocycles. The highest BCUT2D eigenvalue weighted by Crippen LogP contribution is 2.38. The van der Waals surface area contributed by atoms with Crippen LogP contribution < -0.4 is 9.62 Å². The van der Waals surface area contributed by atoms with Crippen molar-refractivity contribution in [2.24, 2.45) is 0 Å². The fourth-order valence-corrected chi connectivity index (χ4v) is 6.51. The smallest absolute Gasteiger partial charge is 0.261 e. The third kappa shape index (κ3) is 7.20. The molecular formula is C32H35N5O5S. The van der Waals surface area contributed by atoms with E-state index in [1.807, 2.05) is 42.5 Å². The lowest BCUT2D eigenvalue weighted by atomic mass is 9.99. The standard InChI is InChI=1S/C32H35N5O5S/c38-23-24-7-9-25(10-8-24)30-21-28(22-36-17-19-37(20-18-36)32-33-15-4-16-34-32)41-31(42-30)26-11-13-27(14-12-26)35-43(39,40)29-5-2-1-3-6-29/h1-16,28,30-31,35,38H,17-23H2/t28-,30+,31+/m1/s1. The molecule has 0 amide bonds. The highest BCUT2D eigenvalue weighted by molar-refractivity contribution is 7.92. The monoisotopic (exact) mass is 601 g/mol. The zero-order valence-corrected chi connectivity index (χ0v) is 24.5. The van der Waals surface area contributed by atoms with Gasteiger partial charge in [-0.2, -0.15) is 0 Å². The number of rotatable bonds is 9. The molecule has 0 aliphatic carbocycles. The number of sulfonamides is 1. The van der Waals surface area contributed by atoms with Gasteiger partial charge in [0.15, 0.2) is 6.29 Å². The van der Waals surface area contributed by atoms with Gasteiger partial charge in [-0.25, -0.2) is 18.4 Å². The van der Waals surface area contributed by atoms with Gasteiger partial charge in [-0.3, -0.25) is 9.62 Å². The van der Waals surface area contributed by atoms with Gasteiger partial charge in [0.1, 0.15) is 0 Å². The van der Waals surface area contributed by atoms with Gasteiger partial charge in [0.05, 0.1) is 23.7 Å². The Kier molecular flexibility index (Phi) is 8.96. The van der Waals surface area contributed by atoms with E-state index in [1.165, 1.54) is 0 Å². The average Bonchev–Trinajstić information content (AvgIpc) is 3.06. The first-order chi connectivity index (χ1) is 21.0. The van der Waals surface area contributed by atoms with Crippen molar-refractivity contribution in [3.63, 3.8) is 0 Å². The molecule has 6 rings (SSSR count). The van der Waals surface area contributed by atoms with Gasteiger partial charge >= 0.3 is 0 Å². The lowest BCUT2D eigenvalue weighted by Gasteiger charge is -2.40. The van der Waals surface area contributed by atoms with Crippen LogP contribution in [-0.4, -0.2) is 67.2 Å². The summed E-state index contributed by atoms with van der Waals surface area (Å²) in [6.07, 6.45) is 3.31. The molecule has 1 aromatic heterocycles. The average molecular weight is 602 g/mol. The van der Waals surface area contributed by atoms with Crippen molar-refractivity contribution in [1.82, 2.24) is 14.9 Å². The predicted octanol–water partition coefficient (Wildman–Crippen LogP) is 4.14. The Balaban J connectivity index is 1.15. The van der Waals surface area contributed by atoms with Crippen LogP contribution in [0.15, 0.2) is 102 Å². The maximum atomic E-state index is 12.8. The molecule has 224 valence electrons. The van der Waals surface area contributed by atoms with E-state index < -0.39 is 16.3 Å². The number of aromatic nitrogens is 2. The molecule has 43 heavy (non-hydrogen) atoms. The molecule has 4 aromatic rings. The second-order valence-corrected chi connectivity index (χ2v) is 12.4. The first kappa shape index (κ1) is 29.2. The quantitative estimate of drug-likeness (QED) is 0.292. The summed E-state index contributed by atoms with van der Waals surface area (Å²) < 4.78 is 41.2. The van der Waals surface area contributed by atoms with Crippen molar-refractivity contribution in [2.45, 2.75) is 36.4 Å². The van der Waals surface area contributed by atoms with Crippen LogP contribution >= 0.6 is 0 Å². The number of ether oxygens (including phenoxy) is 2. The predicted molar refractivity (Wildman–Crippen MR) is 163 cm³/mol. The van der Waals surface area contributed by atoms with Crippen LogP contribution in [0.1, 0.15) is 35.5 Å². The lowest BCUT2D eigenvalue weighted by Crippen LogP contribution is -2.50. The number of benzene rings is 3. The number of hydrogen-bond acceptors (Lipinski definition) is 9. The minimum atomic E-state index is -3.70. The summed E-state index contributed by atoms with van der Waals surface area (Å²) in [7, 11) is -3.70. The molecule has 0 saturated carbocycles. The van der Waals surface area contributed by atoms with E-state index in [9.17, 15) is 13.5 Å². The molecule has 2 saturated heterocycles. The number of nitrogens with zero attached hydrogens (tertiary/aromatic N) is 4. The topological polar surface area (TPSA) is 117 Å². The Hall–Kier alpha value is -3.87. The summed E-state index contributed by atoms with van der Waals surface area (Å²) in [5, 5.41) is 9.49. The number of aliphatic hydroxyl groups is 1. The molecular weight excluding hydrogens is 566 g/mol. The third-order valence-corrected chi connectivity index (χ3v) is 9.17. The van der Waals surface area contributed by atoms with E-state index in [-0.39, 0.29) is 23.7 Å². The van der Waals surface area contributed by atoms with Gasteiger partial charge in [-0.05, 0) is 41.5 Å². The van der Waals surface area contributed by atoms with Crippen molar-refractivity contribution in [1.29, 1.82) is 0 Å². The Labute approximate surface area is 252 Å². The first-order valence-corrected chi connectivity index (χ1v) is 15.9. The number of nitrogens with one attached hydrogen (secondary N) is 1. The number of anilines is 2. The maximum Gasteiger partial charge on any atom is 0.261 e. The molecule has 3 heterocycles. The Morgan fingerprint density at radius 1 is 0.814 bits per heavy atom. The second kappa shape index (κ2) is 13.2. The van der Waals surface area contributed by atoms with E-state index in [0.717, 1.165) is 55.4 Å². The van der Waals surface area contributed by atoms with Gasteiger partial charge < -0.3 is 19.5 Å². The van der Waals surface area contributed by atoms with Crippen molar-refractivity contribution in [3.8, 4) is 0 Å². The molecule has 3 atom stereocenters. The molecule has 0 spiro atoms. The van der Waals surface area contributed by atoms with Crippen LogP contribution in [0, 0.1) is 0 Å². The van der Waals surface area contributed by atoms with Gasteiger partial charge in [0, 0.05) is 62.8 Å². The second-order valence-electron chi connectivity index (χ2n) is 10.7. The van der Waals surface area contributed by atoms with E-state index in [0.29, 0.717) is 12.1 Å². The summed E-state index contributed by atoms with van der Waals surface area (Å²) in [5.41, 5.74) is 3.12. The van der Waals surface area contributed by atoms with Gasteiger partial charge in [0.25, 0.3) is 10.0 Å². The summed E-state index contributed by atoms with van der Waals surface area (Å²) in [6, 6.07) is 25.0. The number of aliphatic hydroxyl groups excluding tert-OH is 1. The summed E-state index contributed by atoms with van der Waals surface area (Å²) in [4.78, 5) is 13.6. The summed E-state index contributed by atoms with van der Waals surface area (Å²) >= 11 is 0. The SMILES string of the molecule is O=S(=O)(Nc1ccc([C@H]2O[C@@H](CN3CCN(c4ncccn4)CC3)C[C@@H](c3ccc(CO)cc3)O2)cc1)c1ccccc1. The van der Waals surface area contributed by atoms with Crippen molar-refractivity contribution < 1.29 is 23.0 Å². The van der Waals surface area contributed by atoms with Crippen LogP contribution in [0.2, 0.25) is 0 Å². The van der Waals surface area contributed by atoms with Crippen LogP contribution in [0.4, 0.5) is 11.6 Å². The Morgan fingerprint density at radius 2 is 1.49 bits per heavy atom. The Bertz CT molecular complexity index is 1570. The molecule has 10 nitrogen and oxygen atoms in total. The molecule has 2 aliphatic rings. The molecule has 11 heteroatoms. The summed E-state index contributed by atoms with van der Waals surface area (Å²) in [5.74, 6) is 0.755. The highest BCUT2D eigenvalue weighted by atomic mass is 32.2. The molecule has 2 N–H and O–H groups in total. The first-order valence-electron chi connectivity index (χ1n) is 14.4. The van der Waals surface area contributed by atoms with Crippen molar-refractivity contribution in [2.75, 3.05) is 42.3 Å². The third-order valence-electron chi connectivity index (χ3n) is 7.77. The van der Waals surface area contributed by atoms with Crippen LogP contribution in [0.3, 0.4) is 0 Å².